The van der Waals surface area contributed by atoms with Gasteiger partial charge in [-0.1, -0.05) is 6.07 Å². The third kappa shape index (κ3) is 3.95. The Balaban J connectivity index is 1.83. The minimum Gasteiger partial charge on any atom is -0.507 e. The summed E-state index contributed by atoms with van der Waals surface area (Å²) < 4.78 is 10.9. The molecule has 0 aromatic heterocycles. The topological polar surface area (TPSA) is 67.8 Å². The van der Waals surface area contributed by atoms with Crippen molar-refractivity contribution in [2.24, 2.45) is 0 Å². The van der Waals surface area contributed by atoms with Gasteiger partial charge in [0.2, 0.25) is 0 Å². The Kier molecular flexibility index (Phi) is 4.98. The van der Waals surface area contributed by atoms with Gasteiger partial charge in [-0.15, -0.1) is 0 Å². The Bertz CT molecular complexity index is 469. The van der Waals surface area contributed by atoms with E-state index in [-0.39, 0.29) is 29.4 Å². The molecule has 2 atom stereocenters. The molecule has 0 radical (unpaired) electrons. The maximum Gasteiger partial charge on any atom is 0.255 e. The largest absolute Gasteiger partial charge is 0.507 e. The summed E-state index contributed by atoms with van der Waals surface area (Å²) in [4.78, 5) is 12.0. The number of phenolic OH excluding ortho intramolecular Hbond substituents is 1. The number of hydrogen-bond donors (Lipinski definition) is 2. The smallest absolute Gasteiger partial charge is 0.255 e. The van der Waals surface area contributed by atoms with Crippen LogP contribution < -0.4 is 5.32 Å². The highest BCUT2D eigenvalue weighted by atomic mass is 16.5. The van der Waals surface area contributed by atoms with Crippen molar-refractivity contribution in [2.45, 2.75) is 32.4 Å². The Morgan fingerprint density at radius 2 is 2.40 bits per heavy atom. The summed E-state index contributed by atoms with van der Waals surface area (Å²) in [5.74, 6) is -0.291. The summed E-state index contributed by atoms with van der Waals surface area (Å²) in [6.45, 7) is 5.54. The van der Waals surface area contributed by atoms with Crippen molar-refractivity contribution in [1.29, 1.82) is 0 Å². The van der Waals surface area contributed by atoms with Gasteiger partial charge in [0.25, 0.3) is 5.91 Å². The highest BCUT2D eigenvalue weighted by Crippen LogP contribution is 2.18. The molecule has 1 amide bonds. The first-order valence-electron chi connectivity index (χ1n) is 6.86. The van der Waals surface area contributed by atoms with Crippen LogP contribution >= 0.6 is 0 Å². The Labute approximate surface area is 118 Å². The number of ether oxygens (including phenoxy) is 2. The maximum atomic E-state index is 12.0. The lowest BCUT2D eigenvalue weighted by molar-refractivity contribution is 0.0318. The number of aryl methyl sites for hydroxylation is 1. The van der Waals surface area contributed by atoms with Crippen LogP contribution in [0.2, 0.25) is 0 Å². The normalized spacial score (nSPS) is 19.8. The molecule has 1 aromatic carbocycles. The van der Waals surface area contributed by atoms with Gasteiger partial charge in [-0.25, -0.2) is 0 Å². The Hall–Kier alpha value is -1.59. The molecular formula is C15H21NO4. The molecule has 2 rings (SSSR count). The van der Waals surface area contributed by atoms with Crippen LogP contribution in [0, 0.1) is 6.92 Å². The molecule has 110 valence electrons. The van der Waals surface area contributed by atoms with E-state index in [9.17, 15) is 9.90 Å². The molecule has 20 heavy (non-hydrogen) atoms. The van der Waals surface area contributed by atoms with Crippen molar-refractivity contribution in [3.8, 4) is 5.75 Å². The quantitative estimate of drug-likeness (QED) is 0.859. The molecule has 5 heteroatoms. The molecule has 1 heterocycles. The average molecular weight is 279 g/mol. The molecule has 0 saturated carbocycles. The lowest BCUT2D eigenvalue weighted by Crippen LogP contribution is -2.37. The average Bonchev–Trinajstić information content (AvgIpc) is 2.89. The fourth-order valence-corrected chi connectivity index (χ4v) is 2.10. The Morgan fingerprint density at radius 1 is 1.60 bits per heavy atom. The number of carbonyl (C=O) groups excluding carboxylic acids is 1. The van der Waals surface area contributed by atoms with Gasteiger partial charge in [0.05, 0.1) is 24.9 Å². The molecule has 0 bridgehead atoms. The summed E-state index contributed by atoms with van der Waals surface area (Å²) in [6, 6.07) is 4.87. The number of benzene rings is 1. The molecule has 2 N–H and O–H groups in total. The Morgan fingerprint density at radius 3 is 3.05 bits per heavy atom. The van der Waals surface area contributed by atoms with Crippen molar-refractivity contribution in [3.05, 3.63) is 29.3 Å². The van der Waals surface area contributed by atoms with Crippen molar-refractivity contribution in [2.75, 3.05) is 19.8 Å². The predicted octanol–water partition coefficient (Wildman–Crippen LogP) is 1.62. The van der Waals surface area contributed by atoms with Crippen LogP contribution in [0.15, 0.2) is 18.2 Å². The number of rotatable bonds is 5. The van der Waals surface area contributed by atoms with Crippen LogP contribution in [-0.4, -0.2) is 43.0 Å². The number of phenols is 1. The second kappa shape index (κ2) is 6.72. The zero-order valence-electron chi connectivity index (χ0n) is 11.9. The number of aromatic hydroxyl groups is 1. The van der Waals surface area contributed by atoms with E-state index in [0.29, 0.717) is 13.2 Å². The van der Waals surface area contributed by atoms with E-state index in [1.165, 1.54) is 0 Å². The van der Waals surface area contributed by atoms with Crippen LogP contribution in [-0.2, 0) is 9.47 Å². The first-order chi connectivity index (χ1) is 9.56. The highest BCUT2D eigenvalue weighted by molar-refractivity contribution is 5.97. The minimum atomic E-state index is -0.290. The maximum absolute atomic E-state index is 12.0. The molecule has 5 nitrogen and oxygen atoms in total. The molecule has 1 fully saturated rings. The summed E-state index contributed by atoms with van der Waals surface area (Å²) >= 11 is 0. The number of hydrogen-bond acceptors (Lipinski definition) is 4. The van der Waals surface area contributed by atoms with Crippen LogP contribution in [0.25, 0.3) is 0 Å². The zero-order valence-corrected chi connectivity index (χ0v) is 11.9. The van der Waals surface area contributed by atoms with Gasteiger partial charge in [-0.05, 0) is 38.0 Å². The van der Waals surface area contributed by atoms with Gasteiger partial charge in [-0.3, -0.25) is 4.79 Å². The van der Waals surface area contributed by atoms with Crippen molar-refractivity contribution in [1.82, 2.24) is 5.32 Å². The molecule has 0 spiro atoms. The van der Waals surface area contributed by atoms with Crippen molar-refractivity contribution < 1.29 is 19.4 Å². The molecule has 1 aliphatic heterocycles. The van der Waals surface area contributed by atoms with Crippen LogP contribution in [0.5, 0.6) is 5.75 Å². The van der Waals surface area contributed by atoms with E-state index < -0.39 is 0 Å². The molecule has 1 aliphatic rings. The fraction of sp³-hybridized carbons (Fsp3) is 0.533. The summed E-state index contributed by atoms with van der Waals surface area (Å²) in [5, 5.41) is 12.6. The van der Waals surface area contributed by atoms with Crippen molar-refractivity contribution >= 4 is 5.91 Å². The molecule has 1 aromatic rings. The second-order valence-electron chi connectivity index (χ2n) is 5.21. The van der Waals surface area contributed by atoms with E-state index in [4.69, 9.17) is 9.47 Å². The van der Waals surface area contributed by atoms with Crippen LogP contribution in [0.3, 0.4) is 0 Å². The van der Waals surface area contributed by atoms with Crippen molar-refractivity contribution in [3.63, 3.8) is 0 Å². The number of nitrogens with one attached hydrogen (secondary N) is 1. The lowest BCUT2D eigenvalue weighted by Gasteiger charge is -2.17. The lowest BCUT2D eigenvalue weighted by atomic mass is 10.1. The first kappa shape index (κ1) is 14.8. The first-order valence-corrected chi connectivity index (χ1v) is 6.86. The van der Waals surface area contributed by atoms with E-state index in [0.717, 1.165) is 18.6 Å². The monoisotopic (exact) mass is 279 g/mol. The molecular weight excluding hydrogens is 258 g/mol. The third-order valence-corrected chi connectivity index (χ3v) is 3.25. The van der Waals surface area contributed by atoms with E-state index in [2.05, 4.69) is 5.32 Å². The van der Waals surface area contributed by atoms with E-state index >= 15 is 0 Å². The van der Waals surface area contributed by atoms with Gasteiger partial charge in [0, 0.05) is 12.6 Å². The second-order valence-corrected chi connectivity index (χ2v) is 5.21. The predicted molar refractivity (Wildman–Crippen MR) is 74.9 cm³/mol. The van der Waals surface area contributed by atoms with Gasteiger partial charge in [-0.2, -0.15) is 0 Å². The van der Waals surface area contributed by atoms with E-state index in [1.807, 2.05) is 13.8 Å². The van der Waals surface area contributed by atoms with Gasteiger partial charge in [0.15, 0.2) is 0 Å². The number of amides is 1. The molecule has 1 saturated heterocycles. The molecule has 0 aliphatic carbocycles. The summed E-state index contributed by atoms with van der Waals surface area (Å²) in [6.07, 6.45) is 1.03. The summed E-state index contributed by atoms with van der Waals surface area (Å²) in [5.41, 5.74) is 1.20. The van der Waals surface area contributed by atoms with Gasteiger partial charge < -0.3 is 19.9 Å². The SMILES string of the molecule is Cc1ccc(C(=O)N[C@@H](C)CO[C@H]2CCOC2)c(O)c1. The molecule has 0 unspecified atom stereocenters. The van der Waals surface area contributed by atoms with Gasteiger partial charge >= 0.3 is 0 Å². The number of carbonyl (C=O) groups is 1. The fourth-order valence-electron chi connectivity index (χ4n) is 2.10. The van der Waals surface area contributed by atoms with E-state index in [1.54, 1.807) is 18.2 Å². The standard InChI is InChI=1S/C15H21NO4/c1-10-3-4-13(14(17)7-10)15(18)16-11(2)8-20-12-5-6-19-9-12/h3-4,7,11-12,17H,5-6,8-9H2,1-2H3,(H,16,18)/t11-,12-/m0/s1. The highest BCUT2D eigenvalue weighted by Gasteiger charge is 2.18. The van der Waals surface area contributed by atoms with Crippen LogP contribution in [0.1, 0.15) is 29.3 Å². The van der Waals surface area contributed by atoms with Crippen LogP contribution in [0.4, 0.5) is 0 Å². The zero-order chi connectivity index (χ0) is 14.5. The third-order valence-electron chi connectivity index (χ3n) is 3.25. The van der Waals surface area contributed by atoms with Gasteiger partial charge in [0.1, 0.15) is 5.75 Å². The summed E-state index contributed by atoms with van der Waals surface area (Å²) in [7, 11) is 0. The minimum absolute atomic E-state index is 0.000175.